The van der Waals surface area contributed by atoms with Crippen molar-refractivity contribution in [2.45, 2.75) is 0 Å². The fourth-order valence-corrected chi connectivity index (χ4v) is 3.18. The Morgan fingerprint density at radius 3 is 2.59 bits per heavy atom. The van der Waals surface area contributed by atoms with Gasteiger partial charge in [0.05, 0.1) is 9.35 Å². The minimum Gasteiger partial charge on any atom is -0.484 e. The minimum absolute atomic E-state index is 0.0253. The van der Waals surface area contributed by atoms with Gasteiger partial charge in [-0.3, -0.25) is 4.79 Å². The van der Waals surface area contributed by atoms with Crippen LogP contribution in [0.2, 0.25) is 0 Å². The molecule has 0 saturated heterocycles. The number of benzene rings is 1. The number of halogens is 2. The summed E-state index contributed by atoms with van der Waals surface area (Å²) in [4.78, 5) is 12.5. The molecule has 17 heavy (non-hydrogen) atoms. The Labute approximate surface area is 120 Å². The van der Waals surface area contributed by atoms with E-state index in [4.69, 9.17) is 4.74 Å². The van der Waals surface area contributed by atoms with E-state index < -0.39 is 0 Å². The van der Waals surface area contributed by atoms with Gasteiger partial charge in [0, 0.05) is 4.47 Å². The fourth-order valence-electron chi connectivity index (χ4n) is 1.26. The number of hydrogen-bond acceptors (Lipinski definition) is 3. The van der Waals surface area contributed by atoms with E-state index >= 15 is 0 Å². The molecule has 1 aromatic carbocycles. The summed E-state index contributed by atoms with van der Waals surface area (Å²) in [5, 5.41) is 1.87. The molecule has 0 radical (unpaired) electrons. The number of Topliss-reactive ketones (excluding diaryl/α,β-unsaturated/α-hetero) is 1. The first-order valence-corrected chi connectivity index (χ1v) is 7.28. The zero-order valence-corrected chi connectivity index (χ0v) is 12.6. The first-order chi connectivity index (χ1) is 8.18. The van der Waals surface area contributed by atoms with Gasteiger partial charge in [-0.2, -0.15) is 0 Å². The van der Waals surface area contributed by atoms with Crippen LogP contribution in [0.4, 0.5) is 0 Å². The van der Waals surface area contributed by atoms with Crippen molar-refractivity contribution in [3.8, 4) is 5.75 Å². The first kappa shape index (κ1) is 12.8. The Kier molecular flexibility index (Phi) is 4.36. The van der Waals surface area contributed by atoms with E-state index in [2.05, 4.69) is 31.9 Å². The average Bonchev–Trinajstić information content (AvgIpc) is 2.74. The molecule has 0 aliphatic carbocycles. The van der Waals surface area contributed by atoms with Crippen molar-refractivity contribution in [3.63, 3.8) is 0 Å². The summed E-state index contributed by atoms with van der Waals surface area (Å²) in [6.45, 7) is 0.0434. The number of ketones is 1. The standard InChI is InChI=1S/C12H8Br2O2S/c13-8-3-1-2-4-11(8)16-7-10(15)12-9(14)5-6-17-12/h1-6H,7H2. The van der Waals surface area contributed by atoms with E-state index in [1.54, 1.807) is 0 Å². The molecule has 2 aromatic rings. The molecule has 1 heterocycles. The Hall–Kier alpha value is -0.650. The number of rotatable bonds is 4. The van der Waals surface area contributed by atoms with Gasteiger partial charge in [0.2, 0.25) is 5.78 Å². The highest BCUT2D eigenvalue weighted by atomic mass is 79.9. The van der Waals surface area contributed by atoms with Gasteiger partial charge in [-0.15, -0.1) is 11.3 Å². The van der Waals surface area contributed by atoms with Crippen LogP contribution < -0.4 is 4.74 Å². The first-order valence-electron chi connectivity index (χ1n) is 4.82. The monoisotopic (exact) mass is 374 g/mol. The Morgan fingerprint density at radius 2 is 1.94 bits per heavy atom. The molecule has 0 N–H and O–H groups in total. The number of thiophene rings is 1. The SMILES string of the molecule is O=C(COc1ccccc1Br)c1sccc1Br. The van der Waals surface area contributed by atoms with Gasteiger partial charge in [0.1, 0.15) is 5.75 Å². The average molecular weight is 376 g/mol. The summed E-state index contributed by atoms with van der Waals surface area (Å²) in [6.07, 6.45) is 0. The predicted molar refractivity (Wildman–Crippen MR) is 76.0 cm³/mol. The number of para-hydroxylation sites is 1. The Morgan fingerprint density at radius 1 is 1.18 bits per heavy atom. The van der Waals surface area contributed by atoms with E-state index in [1.807, 2.05) is 35.7 Å². The van der Waals surface area contributed by atoms with Crippen LogP contribution in [0.25, 0.3) is 0 Å². The van der Waals surface area contributed by atoms with Gasteiger partial charge in [0.25, 0.3) is 0 Å². The highest BCUT2D eigenvalue weighted by Crippen LogP contribution is 2.26. The van der Waals surface area contributed by atoms with Crippen LogP contribution >= 0.6 is 43.2 Å². The van der Waals surface area contributed by atoms with Crippen LogP contribution in [0.1, 0.15) is 9.67 Å². The lowest BCUT2D eigenvalue weighted by atomic mass is 10.3. The van der Waals surface area contributed by atoms with Crippen LogP contribution in [0.3, 0.4) is 0 Å². The second kappa shape index (κ2) is 5.80. The summed E-state index contributed by atoms with van der Waals surface area (Å²) < 4.78 is 7.13. The zero-order valence-electron chi connectivity index (χ0n) is 8.65. The van der Waals surface area contributed by atoms with E-state index in [1.165, 1.54) is 11.3 Å². The van der Waals surface area contributed by atoms with E-state index in [0.29, 0.717) is 10.6 Å². The molecule has 88 valence electrons. The molecule has 2 nitrogen and oxygen atoms in total. The second-order valence-corrected chi connectivity index (χ2v) is 5.86. The summed E-state index contributed by atoms with van der Waals surface area (Å²) >= 11 is 8.11. The lowest BCUT2D eigenvalue weighted by Crippen LogP contribution is -2.10. The van der Waals surface area contributed by atoms with Gasteiger partial charge in [-0.25, -0.2) is 0 Å². The quantitative estimate of drug-likeness (QED) is 0.733. The molecule has 0 aliphatic rings. The summed E-state index contributed by atoms with van der Waals surface area (Å²) in [5.74, 6) is 0.649. The Balaban J connectivity index is 2.02. The molecule has 0 spiro atoms. The molecule has 0 bridgehead atoms. The maximum atomic E-state index is 11.9. The highest BCUT2D eigenvalue weighted by Gasteiger charge is 2.12. The largest absolute Gasteiger partial charge is 0.484 e. The smallest absolute Gasteiger partial charge is 0.211 e. The van der Waals surface area contributed by atoms with Gasteiger partial charge in [0.15, 0.2) is 6.61 Å². The third kappa shape index (κ3) is 3.18. The van der Waals surface area contributed by atoms with E-state index in [9.17, 15) is 4.79 Å². The molecule has 5 heteroatoms. The third-order valence-electron chi connectivity index (χ3n) is 2.07. The van der Waals surface area contributed by atoms with Crippen molar-refractivity contribution >= 4 is 49.0 Å². The van der Waals surface area contributed by atoms with Crippen LogP contribution in [0.15, 0.2) is 44.7 Å². The van der Waals surface area contributed by atoms with Crippen molar-refractivity contribution in [1.29, 1.82) is 0 Å². The number of ether oxygens (including phenoxy) is 1. The molecule has 0 saturated carbocycles. The van der Waals surface area contributed by atoms with Crippen LogP contribution in [-0.2, 0) is 0 Å². The summed E-state index contributed by atoms with van der Waals surface area (Å²) in [6, 6.07) is 9.32. The van der Waals surface area contributed by atoms with Gasteiger partial charge < -0.3 is 4.74 Å². The maximum Gasteiger partial charge on any atom is 0.211 e. The highest BCUT2D eigenvalue weighted by molar-refractivity contribution is 9.11. The lowest BCUT2D eigenvalue weighted by molar-refractivity contribution is 0.0924. The molecule has 0 fully saturated rings. The van der Waals surface area contributed by atoms with Crippen molar-refractivity contribution in [1.82, 2.24) is 0 Å². The van der Waals surface area contributed by atoms with Crippen molar-refractivity contribution in [3.05, 3.63) is 49.5 Å². The lowest BCUT2D eigenvalue weighted by Gasteiger charge is -2.06. The van der Waals surface area contributed by atoms with E-state index in [-0.39, 0.29) is 12.4 Å². The topological polar surface area (TPSA) is 26.3 Å². The van der Waals surface area contributed by atoms with Crippen LogP contribution in [-0.4, -0.2) is 12.4 Å². The van der Waals surface area contributed by atoms with Crippen molar-refractivity contribution < 1.29 is 9.53 Å². The molecule has 0 unspecified atom stereocenters. The van der Waals surface area contributed by atoms with Gasteiger partial charge >= 0.3 is 0 Å². The maximum absolute atomic E-state index is 11.9. The minimum atomic E-state index is -0.0253. The summed E-state index contributed by atoms with van der Waals surface area (Å²) in [7, 11) is 0. The van der Waals surface area contributed by atoms with Crippen molar-refractivity contribution in [2.24, 2.45) is 0 Å². The van der Waals surface area contributed by atoms with Crippen molar-refractivity contribution in [2.75, 3.05) is 6.61 Å². The molecule has 0 aliphatic heterocycles. The molecule has 0 amide bonds. The number of carbonyl (C=O) groups excluding carboxylic acids is 1. The summed E-state index contributed by atoms with van der Waals surface area (Å²) in [5.41, 5.74) is 0. The number of carbonyl (C=O) groups is 1. The Bertz CT molecular complexity index is 537. The molecular formula is C12H8Br2O2S. The molecular weight excluding hydrogens is 368 g/mol. The van der Waals surface area contributed by atoms with Crippen LogP contribution in [0, 0.1) is 0 Å². The molecule has 1 aromatic heterocycles. The normalized spacial score (nSPS) is 10.2. The van der Waals surface area contributed by atoms with Gasteiger partial charge in [-0.1, -0.05) is 12.1 Å². The third-order valence-corrected chi connectivity index (χ3v) is 4.60. The van der Waals surface area contributed by atoms with E-state index in [0.717, 1.165) is 8.95 Å². The zero-order chi connectivity index (χ0) is 12.3. The second-order valence-electron chi connectivity index (χ2n) is 3.24. The molecule has 0 atom stereocenters. The van der Waals surface area contributed by atoms with Crippen LogP contribution in [0.5, 0.6) is 5.75 Å². The molecule has 2 rings (SSSR count). The fraction of sp³-hybridized carbons (Fsp3) is 0.0833. The van der Waals surface area contributed by atoms with Gasteiger partial charge in [-0.05, 0) is 55.4 Å². The number of hydrogen-bond donors (Lipinski definition) is 0. The predicted octanol–water partition coefficient (Wildman–Crippen LogP) is 4.53.